The van der Waals surface area contributed by atoms with Crippen LogP contribution in [0.4, 0.5) is 0 Å². The molecule has 1 nitrogen and oxygen atoms in total. The number of halogens is 2. The van der Waals surface area contributed by atoms with E-state index in [0.717, 1.165) is 25.7 Å². The molecule has 1 saturated carbocycles. The third-order valence-electron chi connectivity index (χ3n) is 6.10. The second-order valence-corrected chi connectivity index (χ2v) is 8.15. The molecular formula is C20H30Cl2O. The van der Waals surface area contributed by atoms with E-state index in [1.807, 2.05) is 13.2 Å². The van der Waals surface area contributed by atoms with E-state index in [-0.39, 0.29) is 11.0 Å². The molecule has 0 saturated heterocycles. The predicted molar refractivity (Wildman–Crippen MR) is 101 cm³/mol. The summed E-state index contributed by atoms with van der Waals surface area (Å²) >= 11 is 12.5. The minimum atomic E-state index is 0.0181. The van der Waals surface area contributed by atoms with E-state index >= 15 is 0 Å². The topological polar surface area (TPSA) is 9.23 Å². The zero-order chi connectivity index (χ0) is 17.1. The zero-order valence-electron chi connectivity index (χ0n) is 14.9. The summed E-state index contributed by atoms with van der Waals surface area (Å²) in [4.78, 5) is 0. The molecule has 1 aliphatic carbocycles. The van der Waals surface area contributed by atoms with Crippen LogP contribution < -0.4 is 0 Å². The lowest BCUT2D eigenvalue weighted by molar-refractivity contribution is -0.0488. The van der Waals surface area contributed by atoms with Crippen molar-refractivity contribution in [3.8, 4) is 0 Å². The maximum absolute atomic E-state index is 6.35. The smallest absolute Gasteiger partial charge is 0.0651 e. The Labute approximate surface area is 151 Å². The van der Waals surface area contributed by atoms with Crippen molar-refractivity contribution < 1.29 is 4.74 Å². The Morgan fingerprint density at radius 1 is 1.09 bits per heavy atom. The average molecular weight is 357 g/mol. The Balaban J connectivity index is 2.41. The SMILES string of the molecule is CCC[C@@H](CC)C1(c2ccc(Cl)c(Cl)c2)CCC(C)(OC)CC1. The highest BCUT2D eigenvalue weighted by Gasteiger charge is 2.45. The highest BCUT2D eigenvalue weighted by atomic mass is 35.5. The summed E-state index contributed by atoms with van der Waals surface area (Å²) in [5.41, 5.74) is 1.59. The predicted octanol–water partition coefficient (Wildman–Crippen LogP) is 7.04. The van der Waals surface area contributed by atoms with Crippen LogP contribution in [0.25, 0.3) is 0 Å². The van der Waals surface area contributed by atoms with Crippen LogP contribution >= 0.6 is 23.2 Å². The Morgan fingerprint density at radius 3 is 2.22 bits per heavy atom. The highest BCUT2D eigenvalue weighted by Crippen LogP contribution is 2.51. The summed E-state index contributed by atoms with van der Waals surface area (Å²) in [7, 11) is 1.84. The number of rotatable bonds is 6. The fourth-order valence-electron chi connectivity index (χ4n) is 4.39. The summed E-state index contributed by atoms with van der Waals surface area (Å²) in [5, 5.41) is 1.32. The molecule has 23 heavy (non-hydrogen) atoms. The van der Waals surface area contributed by atoms with Crippen LogP contribution in [0, 0.1) is 5.92 Å². The van der Waals surface area contributed by atoms with Gasteiger partial charge >= 0.3 is 0 Å². The van der Waals surface area contributed by atoms with E-state index in [1.54, 1.807) is 0 Å². The van der Waals surface area contributed by atoms with Crippen LogP contribution in [0.2, 0.25) is 10.0 Å². The second-order valence-electron chi connectivity index (χ2n) is 7.33. The lowest BCUT2D eigenvalue weighted by Gasteiger charge is -2.49. The van der Waals surface area contributed by atoms with Crippen molar-refractivity contribution in [2.24, 2.45) is 5.92 Å². The minimum Gasteiger partial charge on any atom is -0.379 e. The van der Waals surface area contributed by atoms with Crippen molar-refractivity contribution in [2.45, 2.75) is 76.7 Å². The third-order valence-corrected chi connectivity index (χ3v) is 6.84. The van der Waals surface area contributed by atoms with Crippen molar-refractivity contribution in [2.75, 3.05) is 7.11 Å². The molecule has 1 aromatic carbocycles. The van der Waals surface area contributed by atoms with Gasteiger partial charge in [0.1, 0.15) is 0 Å². The molecular weight excluding hydrogens is 327 g/mol. The summed E-state index contributed by atoms with van der Waals surface area (Å²) in [6.07, 6.45) is 8.22. The van der Waals surface area contributed by atoms with Crippen LogP contribution in [0.5, 0.6) is 0 Å². The maximum Gasteiger partial charge on any atom is 0.0651 e. The number of methoxy groups -OCH3 is 1. The molecule has 1 fully saturated rings. The first-order valence-electron chi connectivity index (χ1n) is 8.91. The standard InChI is InChI=1S/C20H30Cl2O/c1-5-7-15(6-2)20(12-10-19(3,23-4)11-13-20)16-8-9-17(21)18(22)14-16/h8-9,14-15H,5-7,10-13H2,1-4H3/t15-,19?,20?/m1/s1. The Hall–Kier alpha value is -0.240. The average Bonchev–Trinajstić information content (AvgIpc) is 2.56. The van der Waals surface area contributed by atoms with Gasteiger partial charge in [-0.1, -0.05) is 56.0 Å². The van der Waals surface area contributed by atoms with Crippen molar-refractivity contribution in [3.05, 3.63) is 33.8 Å². The first-order chi connectivity index (χ1) is 10.9. The summed E-state index contributed by atoms with van der Waals surface area (Å²) < 4.78 is 5.78. The molecule has 1 atom stereocenters. The van der Waals surface area contributed by atoms with Gasteiger partial charge in [0, 0.05) is 7.11 Å². The van der Waals surface area contributed by atoms with E-state index in [2.05, 4.69) is 32.9 Å². The van der Waals surface area contributed by atoms with E-state index in [4.69, 9.17) is 27.9 Å². The van der Waals surface area contributed by atoms with Gasteiger partial charge in [0.25, 0.3) is 0 Å². The molecule has 0 N–H and O–H groups in total. The van der Waals surface area contributed by atoms with Gasteiger partial charge in [-0.05, 0) is 68.1 Å². The van der Waals surface area contributed by atoms with Gasteiger partial charge in [-0.3, -0.25) is 0 Å². The van der Waals surface area contributed by atoms with Crippen LogP contribution in [-0.4, -0.2) is 12.7 Å². The van der Waals surface area contributed by atoms with Gasteiger partial charge in [-0.25, -0.2) is 0 Å². The van der Waals surface area contributed by atoms with E-state index < -0.39 is 0 Å². The van der Waals surface area contributed by atoms with Crippen LogP contribution in [0.3, 0.4) is 0 Å². The fourth-order valence-corrected chi connectivity index (χ4v) is 4.69. The van der Waals surface area contributed by atoms with E-state index in [9.17, 15) is 0 Å². The molecule has 130 valence electrons. The van der Waals surface area contributed by atoms with Crippen LogP contribution in [-0.2, 0) is 10.2 Å². The molecule has 3 heteroatoms. The molecule has 1 aromatic rings. The number of ether oxygens (including phenoxy) is 1. The Kier molecular flexibility index (Phi) is 6.44. The van der Waals surface area contributed by atoms with Crippen molar-refractivity contribution in [1.82, 2.24) is 0 Å². The summed E-state index contributed by atoms with van der Waals surface area (Å²) in [6, 6.07) is 6.27. The van der Waals surface area contributed by atoms with Gasteiger partial charge < -0.3 is 4.74 Å². The van der Waals surface area contributed by atoms with Crippen molar-refractivity contribution >= 4 is 23.2 Å². The molecule has 0 unspecified atom stereocenters. The van der Waals surface area contributed by atoms with Crippen molar-refractivity contribution in [3.63, 3.8) is 0 Å². The molecule has 0 spiro atoms. The quantitative estimate of drug-likeness (QED) is 0.531. The van der Waals surface area contributed by atoms with Gasteiger partial charge in [-0.15, -0.1) is 0 Å². The number of hydrogen-bond donors (Lipinski definition) is 0. The summed E-state index contributed by atoms with van der Waals surface area (Å²) in [6.45, 7) is 6.85. The zero-order valence-corrected chi connectivity index (χ0v) is 16.4. The molecule has 0 aromatic heterocycles. The second kappa shape index (κ2) is 7.76. The van der Waals surface area contributed by atoms with E-state index in [1.165, 1.54) is 24.8 Å². The fraction of sp³-hybridized carbons (Fsp3) is 0.700. The van der Waals surface area contributed by atoms with Crippen molar-refractivity contribution in [1.29, 1.82) is 0 Å². The first-order valence-corrected chi connectivity index (χ1v) is 9.67. The molecule has 2 rings (SSSR count). The lowest BCUT2D eigenvalue weighted by atomic mass is 9.58. The minimum absolute atomic E-state index is 0.0181. The molecule has 0 radical (unpaired) electrons. The first kappa shape index (κ1) is 19.1. The molecule has 0 amide bonds. The Morgan fingerprint density at radius 2 is 1.74 bits per heavy atom. The monoisotopic (exact) mass is 356 g/mol. The maximum atomic E-state index is 6.35. The third kappa shape index (κ3) is 3.89. The lowest BCUT2D eigenvalue weighted by Crippen LogP contribution is -2.45. The largest absolute Gasteiger partial charge is 0.379 e. The van der Waals surface area contributed by atoms with Gasteiger partial charge in [0.15, 0.2) is 0 Å². The Bertz CT molecular complexity index is 518. The van der Waals surface area contributed by atoms with Gasteiger partial charge in [-0.2, -0.15) is 0 Å². The molecule has 0 aliphatic heterocycles. The highest BCUT2D eigenvalue weighted by molar-refractivity contribution is 6.42. The van der Waals surface area contributed by atoms with Crippen LogP contribution in [0.15, 0.2) is 18.2 Å². The van der Waals surface area contributed by atoms with Crippen LogP contribution in [0.1, 0.15) is 71.3 Å². The van der Waals surface area contributed by atoms with E-state index in [0.29, 0.717) is 16.0 Å². The van der Waals surface area contributed by atoms with Gasteiger partial charge in [0.2, 0.25) is 0 Å². The summed E-state index contributed by atoms with van der Waals surface area (Å²) in [5.74, 6) is 0.686. The van der Waals surface area contributed by atoms with Gasteiger partial charge in [0.05, 0.1) is 15.6 Å². The number of benzene rings is 1. The molecule has 0 heterocycles. The molecule has 0 bridgehead atoms. The normalized spacial score (nSPS) is 29.5. The number of hydrogen-bond acceptors (Lipinski definition) is 1. The molecule has 1 aliphatic rings.